The van der Waals surface area contributed by atoms with Crippen LogP contribution in [-0.2, 0) is 18.9 Å². The zero-order chi connectivity index (χ0) is 15.9. The molecule has 5 rings (SSSR count). The maximum atomic E-state index is 5.44. The summed E-state index contributed by atoms with van der Waals surface area (Å²) in [4.78, 5) is 4.80. The van der Waals surface area contributed by atoms with Gasteiger partial charge in [-0.25, -0.2) is 0 Å². The summed E-state index contributed by atoms with van der Waals surface area (Å²) in [5, 5.41) is 0. The van der Waals surface area contributed by atoms with Crippen LogP contribution in [0, 0.1) is 0 Å². The van der Waals surface area contributed by atoms with Crippen molar-refractivity contribution < 1.29 is 18.9 Å². The topological polar surface area (TPSA) is 56.6 Å². The van der Waals surface area contributed by atoms with Crippen molar-refractivity contribution in [2.45, 2.75) is 24.4 Å². The number of benzene rings is 1. The molecule has 0 aromatic heterocycles. The fraction of sp³-hybridized carbons (Fsp3) is 0.667. The fourth-order valence-electron chi connectivity index (χ4n) is 3.13. The average Bonchev–Trinajstić information content (AvgIpc) is 3.45. The Bertz CT molecular complexity index is 507. The first-order valence-electron chi connectivity index (χ1n) is 8.90. The largest absolute Gasteiger partial charge is 0.371 e. The summed E-state index contributed by atoms with van der Waals surface area (Å²) in [6.45, 7) is 7.30. The zero-order valence-electron chi connectivity index (χ0n) is 13.8. The number of nitrogens with zero attached hydrogens (tertiary/aromatic N) is 2. The maximum absolute atomic E-state index is 5.44. The SMILES string of the molecule is c1cc(N(CC2CO2)CC2CO2)cc(N(CC2CO2)C[C@H]2CO2)c1. The molecule has 4 fully saturated rings. The van der Waals surface area contributed by atoms with E-state index in [-0.39, 0.29) is 0 Å². The van der Waals surface area contributed by atoms with Gasteiger partial charge in [-0.3, -0.25) is 0 Å². The third kappa shape index (κ3) is 4.00. The smallest absolute Gasteiger partial charge is 0.0984 e. The molecule has 4 heterocycles. The molecular formula is C18H24N2O4. The second-order valence-corrected chi connectivity index (χ2v) is 7.15. The Hall–Kier alpha value is -1.34. The van der Waals surface area contributed by atoms with Crippen molar-refractivity contribution in [1.82, 2.24) is 0 Å². The Balaban J connectivity index is 1.33. The standard InChI is InChI=1S/C18H24N2O4/c1-2-13(19(5-15-9-21-15)6-16-10-22-16)4-14(3-1)20(7-17-11-23-17)8-18-12-24-18/h1-4,15-18H,5-12H2/t15-,16?,17?,18?/m0/s1. The van der Waals surface area contributed by atoms with Crippen LogP contribution in [0.4, 0.5) is 11.4 Å². The van der Waals surface area contributed by atoms with E-state index in [4.69, 9.17) is 18.9 Å². The van der Waals surface area contributed by atoms with Gasteiger partial charge in [0.15, 0.2) is 0 Å². The second kappa shape index (κ2) is 6.19. The summed E-state index contributed by atoms with van der Waals surface area (Å²) in [7, 11) is 0. The number of hydrogen-bond donors (Lipinski definition) is 0. The van der Waals surface area contributed by atoms with Gasteiger partial charge in [0.2, 0.25) is 0 Å². The van der Waals surface area contributed by atoms with E-state index in [0.717, 1.165) is 52.6 Å². The van der Waals surface area contributed by atoms with Gasteiger partial charge in [0.25, 0.3) is 0 Å². The van der Waals surface area contributed by atoms with Gasteiger partial charge >= 0.3 is 0 Å². The molecule has 0 saturated carbocycles. The number of hydrogen-bond acceptors (Lipinski definition) is 6. The van der Waals surface area contributed by atoms with Crippen LogP contribution in [0.5, 0.6) is 0 Å². The van der Waals surface area contributed by atoms with Crippen LogP contribution in [0.2, 0.25) is 0 Å². The third-order valence-corrected chi connectivity index (χ3v) is 4.87. The van der Waals surface area contributed by atoms with Crippen LogP contribution < -0.4 is 9.80 Å². The van der Waals surface area contributed by atoms with Crippen LogP contribution >= 0.6 is 0 Å². The average molecular weight is 332 g/mol. The number of rotatable bonds is 10. The van der Waals surface area contributed by atoms with Crippen molar-refractivity contribution in [2.24, 2.45) is 0 Å². The molecule has 0 N–H and O–H groups in total. The van der Waals surface area contributed by atoms with Crippen LogP contribution in [0.1, 0.15) is 0 Å². The number of epoxide rings is 4. The first-order valence-corrected chi connectivity index (χ1v) is 8.90. The molecule has 0 bridgehead atoms. The lowest BCUT2D eigenvalue weighted by atomic mass is 10.2. The van der Waals surface area contributed by atoms with E-state index in [1.54, 1.807) is 0 Å². The minimum Gasteiger partial charge on any atom is -0.371 e. The lowest BCUT2D eigenvalue weighted by Crippen LogP contribution is -2.33. The summed E-state index contributed by atoms with van der Waals surface area (Å²) in [5.41, 5.74) is 2.49. The van der Waals surface area contributed by atoms with Crippen molar-refractivity contribution in [3.8, 4) is 0 Å². The van der Waals surface area contributed by atoms with Gasteiger partial charge in [0, 0.05) is 37.6 Å². The molecule has 4 atom stereocenters. The van der Waals surface area contributed by atoms with Crippen LogP contribution in [-0.4, -0.2) is 77.0 Å². The third-order valence-electron chi connectivity index (χ3n) is 4.87. The minimum atomic E-state index is 0.378. The maximum Gasteiger partial charge on any atom is 0.0984 e. The molecule has 24 heavy (non-hydrogen) atoms. The zero-order valence-corrected chi connectivity index (χ0v) is 13.8. The summed E-state index contributed by atoms with van der Waals surface area (Å²) in [6.07, 6.45) is 1.51. The van der Waals surface area contributed by atoms with E-state index >= 15 is 0 Å². The van der Waals surface area contributed by atoms with Crippen molar-refractivity contribution >= 4 is 11.4 Å². The van der Waals surface area contributed by atoms with Crippen LogP contribution in [0.3, 0.4) is 0 Å². The number of anilines is 2. The van der Waals surface area contributed by atoms with E-state index in [2.05, 4.69) is 34.1 Å². The second-order valence-electron chi connectivity index (χ2n) is 7.15. The molecule has 0 radical (unpaired) electrons. The molecule has 0 aliphatic carbocycles. The van der Waals surface area contributed by atoms with Gasteiger partial charge < -0.3 is 28.7 Å². The molecule has 6 nitrogen and oxygen atoms in total. The molecule has 3 unspecified atom stereocenters. The summed E-state index contributed by atoms with van der Waals surface area (Å²) in [6, 6.07) is 8.81. The monoisotopic (exact) mass is 332 g/mol. The van der Waals surface area contributed by atoms with Gasteiger partial charge in [0.1, 0.15) is 0 Å². The molecule has 4 saturated heterocycles. The van der Waals surface area contributed by atoms with Gasteiger partial charge in [-0.05, 0) is 18.2 Å². The summed E-state index contributed by atoms with van der Waals surface area (Å²) >= 11 is 0. The van der Waals surface area contributed by atoms with E-state index in [9.17, 15) is 0 Å². The fourth-order valence-corrected chi connectivity index (χ4v) is 3.13. The van der Waals surface area contributed by atoms with Crippen molar-refractivity contribution in [2.75, 3.05) is 62.4 Å². The summed E-state index contributed by atoms with van der Waals surface area (Å²) in [5.74, 6) is 0. The van der Waals surface area contributed by atoms with E-state index in [1.165, 1.54) is 11.4 Å². The van der Waals surface area contributed by atoms with Gasteiger partial charge in [-0.15, -0.1) is 0 Å². The summed E-state index contributed by atoms with van der Waals surface area (Å²) < 4.78 is 21.7. The Morgan fingerprint density at radius 1 is 0.667 bits per heavy atom. The van der Waals surface area contributed by atoms with Gasteiger partial charge in [0.05, 0.1) is 50.8 Å². The Kier molecular flexibility index (Phi) is 3.86. The quantitative estimate of drug-likeness (QED) is 0.593. The number of ether oxygens (including phenoxy) is 4. The molecule has 6 heteroatoms. The molecule has 1 aromatic carbocycles. The predicted molar refractivity (Wildman–Crippen MR) is 89.8 cm³/mol. The highest BCUT2D eigenvalue weighted by Crippen LogP contribution is 2.28. The Morgan fingerprint density at radius 3 is 1.29 bits per heavy atom. The first-order chi connectivity index (χ1) is 11.8. The van der Waals surface area contributed by atoms with E-state index in [0.29, 0.717) is 24.4 Å². The van der Waals surface area contributed by atoms with Crippen molar-refractivity contribution in [1.29, 1.82) is 0 Å². The van der Waals surface area contributed by atoms with E-state index in [1.807, 2.05) is 0 Å². The highest BCUT2D eigenvalue weighted by Gasteiger charge is 2.33. The highest BCUT2D eigenvalue weighted by atomic mass is 16.6. The van der Waals surface area contributed by atoms with Crippen molar-refractivity contribution in [3.05, 3.63) is 24.3 Å². The Labute approximate surface area is 142 Å². The lowest BCUT2D eigenvalue weighted by molar-refractivity contribution is 0.388. The molecule has 0 amide bonds. The van der Waals surface area contributed by atoms with E-state index < -0.39 is 0 Å². The van der Waals surface area contributed by atoms with Gasteiger partial charge in [-0.1, -0.05) is 6.07 Å². The van der Waals surface area contributed by atoms with Gasteiger partial charge in [-0.2, -0.15) is 0 Å². The first kappa shape index (κ1) is 15.0. The van der Waals surface area contributed by atoms with Crippen LogP contribution in [0.15, 0.2) is 24.3 Å². The highest BCUT2D eigenvalue weighted by molar-refractivity contribution is 5.60. The molecule has 4 aliphatic rings. The molecule has 4 aliphatic heterocycles. The molecule has 0 spiro atoms. The molecular weight excluding hydrogens is 308 g/mol. The molecule has 130 valence electrons. The predicted octanol–water partition coefficient (Wildman–Crippen LogP) is 0.895. The normalized spacial score (nSPS) is 32.3. The minimum absolute atomic E-state index is 0.378. The van der Waals surface area contributed by atoms with Crippen molar-refractivity contribution in [3.63, 3.8) is 0 Å². The molecule has 1 aromatic rings. The van der Waals surface area contributed by atoms with Crippen LogP contribution in [0.25, 0.3) is 0 Å². The Morgan fingerprint density at radius 2 is 1.00 bits per heavy atom. The lowest BCUT2D eigenvalue weighted by Gasteiger charge is -2.27.